The number of ether oxygens (including phenoxy) is 3. The molecule has 63 heavy (non-hydrogen) atoms. The molecule has 0 aliphatic carbocycles. The van der Waals surface area contributed by atoms with Crippen LogP contribution in [0.3, 0.4) is 0 Å². The van der Waals surface area contributed by atoms with Crippen molar-refractivity contribution in [3.63, 3.8) is 0 Å². The molecule has 0 N–H and O–H groups in total. The molecule has 0 aliphatic heterocycles. The van der Waals surface area contributed by atoms with E-state index in [2.05, 4.69) is 69.4 Å². The minimum Gasteiger partial charge on any atom is -0.462 e. The van der Waals surface area contributed by atoms with Gasteiger partial charge in [-0.1, -0.05) is 243 Å². The van der Waals surface area contributed by atoms with Crippen LogP contribution in [-0.4, -0.2) is 37.2 Å². The zero-order chi connectivity index (χ0) is 45.8. The number of allylic oxidation sites excluding steroid dienone is 8. The highest BCUT2D eigenvalue weighted by Gasteiger charge is 2.19. The fourth-order valence-corrected chi connectivity index (χ4v) is 7.79. The lowest BCUT2D eigenvalue weighted by atomic mass is 10.0. The third-order valence-corrected chi connectivity index (χ3v) is 11.9. The predicted molar refractivity (Wildman–Crippen MR) is 270 cm³/mol. The molecule has 0 aromatic rings. The van der Waals surface area contributed by atoms with E-state index < -0.39 is 6.10 Å². The first-order valence-electron chi connectivity index (χ1n) is 27.2. The maximum absolute atomic E-state index is 12.8. The molecule has 0 bridgehead atoms. The van der Waals surface area contributed by atoms with Crippen LogP contribution in [0.25, 0.3) is 0 Å². The van der Waals surface area contributed by atoms with Crippen molar-refractivity contribution in [2.45, 2.75) is 284 Å². The van der Waals surface area contributed by atoms with Gasteiger partial charge in [-0.2, -0.15) is 0 Å². The van der Waals surface area contributed by atoms with Crippen molar-refractivity contribution in [1.82, 2.24) is 0 Å². The summed E-state index contributed by atoms with van der Waals surface area (Å²) in [5.74, 6) is -0.882. The van der Waals surface area contributed by atoms with Crippen LogP contribution in [0.1, 0.15) is 278 Å². The first kappa shape index (κ1) is 60.4. The highest BCUT2D eigenvalue weighted by atomic mass is 16.6. The van der Waals surface area contributed by atoms with Crippen molar-refractivity contribution in [3.05, 3.63) is 48.6 Å². The highest BCUT2D eigenvalue weighted by Crippen LogP contribution is 2.16. The first-order valence-corrected chi connectivity index (χ1v) is 27.2. The minimum atomic E-state index is -0.777. The molecule has 1 unspecified atom stereocenters. The smallest absolute Gasteiger partial charge is 0.306 e. The van der Waals surface area contributed by atoms with Crippen molar-refractivity contribution in [1.29, 1.82) is 0 Å². The van der Waals surface area contributed by atoms with E-state index in [9.17, 15) is 14.4 Å². The largest absolute Gasteiger partial charge is 0.462 e. The summed E-state index contributed by atoms with van der Waals surface area (Å²) >= 11 is 0. The average Bonchev–Trinajstić information content (AvgIpc) is 3.28. The van der Waals surface area contributed by atoms with Gasteiger partial charge >= 0.3 is 17.9 Å². The predicted octanol–water partition coefficient (Wildman–Crippen LogP) is 17.9. The first-order chi connectivity index (χ1) is 31.0. The second kappa shape index (κ2) is 52.0. The Kier molecular flexibility index (Phi) is 49.8. The lowest BCUT2D eigenvalue weighted by molar-refractivity contribution is -0.167. The molecule has 0 saturated heterocycles. The quantitative estimate of drug-likeness (QED) is 0.0199. The van der Waals surface area contributed by atoms with Gasteiger partial charge in [0.05, 0.1) is 0 Å². The minimum absolute atomic E-state index is 0.0760. The van der Waals surface area contributed by atoms with Crippen molar-refractivity contribution in [2.24, 2.45) is 0 Å². The van der Waals surface area contributed by atoms with Crippen LogP contribution in [0.15, 0.2) is 48.6 Å². The molecule has 0 heterocycles. The Morgan fingerprint density at radius 3 is 1.02 bits per heavy atom. The number of esters is 3. The number of hydrogen-bond donors (Lipinski definition) is 0. The standard InChI is InChI=1S/C57H102O6/c1-4-7-10-13-16-19-22-25-28-31-34-37-40-43-46-49-55(58)61-52-54(63-57(60)51-48-45-42-39-36-33-30-27-24-21-18-15-12-9-6-3)53-62-56(59)50-47-44-41-38-35-32-29-26-23-20-17-14-11-8-5-2/h7,10,13,16,19,21-22,24,54H,4-6,8-9,11-12,14-15,17-18,20,23,25-53H2,1-3H3/b10-7-,16-13-,22-19-,24-21-. The van der Waals surface area contributed by atoms with Crippen LogP contribution in [0, 0.1) is 0 Å². The van der Waals surface area contributed by atoms with Gasteiger partial charge < -0.3 is 14.2 Å². The van der Waals surface area contributed by atoms with Gasteiger partial charge in [-0.25, -0.2) is 0 Å². The number of hydrogen-bond acceptors (Lipinski definition) is 6. The van der Waals surface area contributed by atoms with Gasteiger partial charge in [0.25, 0.3) is 0 Å². The molecule has 6 heteroatoms. The van der Waals surface area contributed by atoms with Gasteiger partial charge in [-0.15, -0.1) is 0 Å². The maximum atomic E-state index is 12.8. The SMILES string of the molecule is CC\C=C/C=C\C=C/CCCCCCCCCC(=O)OCC(COC(=O)CCCCCCCCCCCCCCCCC)OC(=O)CCCCCCCCC/C=C\CCCCCC. The second-order valence-electron chi connectivity index (χ2n) is 18.2. The Labute approximate surface area is 390 Å². The van der Waals surface area contributed by atoms with Crippen molar-refractivity contribution in [3.8, 4) is 0 Å². The fraction of sp³-hybridized carbons (Fsp3) is 0.807. The fourth-order valence-electron chi connectivity index (χ4n) is 7.79. The zero-order valence-corrected chi connectivity index (χ0v) is 41.8. The second-order valence-corrected chi connectivity index (χ2v) is 18.2. The molecule has 0 rings (SSSR count). The summed E-state index contributed by atoms with van der Waals surface area (Å²) in [7, 11) is 0. The number of unbranched alkanes of at least 4 members (excludes halogenated alkanes) is 32. The Morgan fingerprint density at radius 1 is 0.333 bits per heavy atom. The van der Waals surface area contributed by atoms with Gasteiger partial charge in [0.15, 0.2) is 6.10 Å². The van der Waals surface area contributed by atoms with Crippen LogP contribution in [0.2, 0.25) is 0 Å². The van der Waals surface area contributed by atoms with Crippen LogP contribution in [0.4, 0.5) is 0 Å². The maximum Gasteiger partial charge on any atom is 0.306 e. The van der Waals surface area contributed by atoms with E-state index in [-0.39, 0.29) is 31.1 Å². The summed E-state index contributed by atoms with van der Waals surface area (Å²) in [6.45, 7) is 6.51. The van der Waals surface area contributed by atoms with E-state index in [0.29, 0.717) is 19.3 Å². The molecule has 6 nitrogen and oxygen atoms in total. The summed E-state index contributed by atoms with van der Waals surface area (Å²) in [5.41, 5.74) is 0. The van der Waals surface area contributed by atoms with E-state index in [1.54, 1.807) is 0 Å². The average molecular weight is 883 g/mol. The van der Waals surface area contributed by atoms with Crippen molar-refractivity contribution >= 4 is 17.9 Å². The molecule has 0 aromatic heterocycles. The van der Waals surface area contributed by atoms with E-state index in [1.165, 1.54) is 167 Å². The summed E-state index contributed by atoms with van der Waals surface area (Å²) in [6, 6.07) is 0. The van der Waals surface area contributed by atoms with Gasteiger partial charge in [0.1, 0.15) is 13.2 Å². The van der Waals surface area contributed by atoms with Crippen molar-refractivity contribution in [2.75, 3.05) is 13.2 Å². The molecule has 1 atom stereocenters. The molecule has 0 saturated carbocycles. The van der Waals surface area contributed by atoms with Crippen LogP contribution < -0.4 is 0 Å². The van der Waals surface area contributed by atoms with Gasteiger partial charge in [0, 0.05) is 19.3 Å². The van der Waals surface area contributed by atoms with Crippen LogP contribution >= 0.6 is 0 Å². The summed E-state index contributed by atoms with van der Waals surface area (Å²) < 4.78 is 16.8. The summed E-state index contributed by atoms with van der Waals surface area (Å²) in [4.78, 5) is 38.1. The van der Waals surface area contributed by atoms with Gasteiger partial charge in [-0.3, -0.25) is 14.4 Å². The van der Waals surface area contributed by atoms with Crippen LogP contribution in [0.5, 0.6) is 0 Å². The molecule has 0 radical (unpaired) electrons. The summed E-state index contributed by atoms with van der Waals surface area (Å²) in [5, 5.41) is 0. The topological polar surface area (TPSA) is 78.9 Å². The molecule has 0 aliphatic rings. The van der Waals surface area contributed by atoms with Gasteiger partial charge in [-0.05, 0) is 64.2 Å². The van der Waals surface area contributed by atoms with E-state index in [4.69, 9.17) is 14.2 Å². The molecular weight excluding hydrogens is 781 g/mol. The van der Waals surface area contributed by atoms with E-state index in [1.807, 2.05) is 0 Å². The Hall–Kier alpha value is -2.63. The monoisotopic (exact) mass is 883 g/mol. The van der Waals surface area contributed by atoms with Crippen molar-refractivity contribution < 1.29 is 28.6 Å². The lowest BCUT2D eigenvalue weighted by Crippen LogP contribution is -2.30. The Balaban J connectivity index is 4.37. The molecule has 0 spiro atoms. The Bertz CT molecular complexity index is 1110. The molecular formula is C57H102O6. The Morgan fingerprint density at radius 2 is 0.635 bits per heavy atom. The van der Waals surface area contributed by atoms with Crippen LogP contribution in [-0.2, 0) is 28.6 Å². The lowest BCUT2D eigenvalue weighted by Gasteiger charge is -2.18. The zero-order valence-electron chi connectivity index (χ0n) is 41.8. The number of carbonyl (C=O) groups is 3. The van der Waals surface area contributed by atoms with E-state index in [0.717, 1.165) is 70.6 Å². The molecule has 0 aromatic carbocycles. The summed E-state index contributed by atoms with van der Waals surface area (Å²) in [6.07, 6.45) is 62.3. The van der Waals surface area contributed by atoms with Gasteiger partial charge in [0.2, 0.25) is 0 Å². The third-order valence-electron chi connectivity index (χ3n) is 11.9. The third kappa shape index (κ3) is 50.2. The number of carbonyl (C=O) groups excluding carboxylic acids is 3. The normalized spacial score (nSPS) is 12.4. The molecule has 0 fully saturated rings. The number of rotatable bonds is 49. The highest BCUT2D eigenvalue weighted by molar-refractivity contribution is 5.71. The van der Waals surface area contributed by atoms with E-state index >= 15 is 0 Å². The molecule has 366 valence electrons. The molecule has 0 amide bonds.